The van der Waals surface area contributed by atoms with Crippen molar-refractivity contribution in [1.82, 2.24) is 5.32 Å². The number of hydrogen-bond donors (Lipinski definition) is 1. The third kappa shape index (κ3) is 6.93. The number of nitrogens with one attached hydrogen (secondary N) is 1. The molecule has 0 unspecified atom stereocenters. The number of unbranched alkanes of at least 4 members (excludes halogenated alkanes) is 1. The zero-order valence-corrected chi connectivity index (χ0v) is 14.5. The molecule has 5 heteroatoms. The summed E-state index contributed by atoms with van der Waals surface area (Å²) in [5.41, 5.74) is 1.04. The fourth-order valence-corrected chi connectivity index (χ4v) is 2.85. The Hall–Kier alpha value is -0.290. The molecule has 0 saturated carbocycles. The second kappa shape index (κ2) is 10.4. The van der Waals surface area contributed by atoms with E-state index in [1.807, 2.05) is 26.0 Å². The molecule has 0 fully saturated rings. The molecule has 0 spiro atoms. The van der Waals surface area contributed by atoms with Crippen LogP contribution >= 0.6 is 27.5 Å². The first-order valence-electron chi connectivity index (χ1n) is 7.02. The summed E-state index contributed by atoms with van der Waals surface area (Å²) >= 11 is 9.57. The van der Waals surface area contributed by atoms with Crippen LogP contribution in [0.5, 0.6) is 5.75 Å². The van der Waals surface area contributed by atoms with E-state index in [2.05, 4.69) is 21.2 Å². The van der Waals surface area contributed by atoms with Gasteiger partial charge in [0.2, 0.25) is 0 Å². The van der Waals surface area contributed by atoms with Gasteiger partial charge in [0.15, 0.2) is 0 Å². The molecule has 3 nitrogen and oxygen atoms in total. The van der Waals surface area contributed by atoms with Gasteiger partial charge in [-0.1, -0.05) is 27.5 Å². The molecule has 0 radical (unpaired) electrons. The van der Waals surface area contributed by atoms with Gasteiger partial charge in [0.1, 0.15) is 12.4 Å². The highest BCUT2D eigenvalue weighted by molar-refractivity contribution is 9.10. The van der Waals surface area contributed by atoms with Gasteiger partial charge in [-0.3, -0.25) is 0 Å². The molecule has 0 aliphatic carbocycles. The fraction of sp³-hybridized carbons (Fsp3) is 0.600. The molecule has 0 aliphatic rings. The monoisotopic (exact) mass is 363 g/mol. The molecule has 20 heavy (non-hydrogen) atoms. The van der Waals surface area contributed by atoms with Crippen molar-refractivity contribution in [3.63, 3.8) is 0 Å². The van der Waals surface area contributed by atoms with Crippen molar-refractivity contribution in [3.05, 3.63) is 27.2 Å². The van der Waals surface area contributed by atoms with Gasteiger partial charge in [-0.15, -0.1) is 0 Å². The summed E-state index contributed by atoms with van der Waals surface area (Å²) in [6, 6.07) is 3.85. The van der Waals surface area contributed by atoms with Gasteiger partial charge in [0.25, 0.3) is 0 Å². The van der Waals surface area contributed by atoms with Gasteiger partial charge in [0.05, 0.1) is 5.02 Å². The lowest BCUT2D eigenvalue weighted by atomic mass is 10.2. The first kappa shape index (κ1) is 17.8. The van der Waals surface area contributed by atoms with Gasteiger partial charge >= 0.3 is 0 Å². The van der Waals surface area contributed by atoms with Gasteiger partial charge in [-0.05, 0) is 50.9 Å². The van der Waals surface area contributed by atoms with Crippen molar-refractivity contribution < 1.29 is 9.47 Å². The van der Waals surface area contributed by atoms with Crippen LogP contribution < -0.4 is 10.1 Å². The predicted octanol–water partition coefficient (Wildman–Crippen LogP) is 4.20. The summed E-state index contributed by atoms with van der Waals surface area (Å²) in [5.74, 6) is 0.771. The lowest BCUT2D eigenvalue weighted by Gasteiger charge is -2.12. The summed E-state index contributed by atoms with van der Waals surface area (Å²) in [5, 5.41) is 4.00. The van der Waals surface area contributed by atoms with Crippen LogP contribution in [0.2, 0.25) is 5.02 Å². The summed E-state index contributed by atoms with van der Waals surface area (Å²) < 4.78 is 12.0. The maximum absolute atomic E-state index is 6.16. The Bertz CT molecular complexity index is 378. The zero-order valence-electron chi connectivity index (χ0n) is 12.2. The Balaban J connectivity index is 2.13. The van der Waals surface area contributed by atoms with Crippen molar-refractivity contribution >= 4 is 27.5 Å². The van der Waals surface area contributed by atoms with E-state index in [9.17, 15) is 0 Å². The van der Waals surface area contributed by atoms with Crippen molar-refractivity contribution in [2.24, 2.45) is 0 Å². The molecule has 0 atom stereocenters. The van der Waals surface area contributed by atoms with E-state index in [-0.39, 0.29) is 0 Å². The number of rotatable bonds is 10. The average molecular weight is 365 g/mol. The first-order chi connectivity index (χ1) is 9.65. The zero-order chi connectivity index (χ0) is 14.8. The Morgan fingerprint density at radius 3 is 2.70 bits per heavy atom. The highest BCUT2D eigenvalue weighted by Crippen LogP contribution is 2.31. The third-order valence-corrected chi connectivity index (χ3v) is 3.55. The Labute approximate surface area is 135 Å². The molecule has 1 aromatic carbocycles. The normalized spacial score (nSPS) is 10.8. The van der Waals surface area contributed by atoms with Crippen LogP contribution in [-0.4, -0.2) is 32.9 Å². The topological polar surface area (TPSA) is 30.5 Å². The Morgan fingerprint density at radius 2 is 2.00 bits per heavy atom. The maximum Gasteiger partial charge on any atom is 0.140 e. The lowest BCUT2D eigenvalue weighted by molar-refractivity contribution is 0.143. The molecular weight excluding hydrogens is 342 g/mol. The molecular formula is C15H23BrClNO2. The molecule has 0 amide bonds. The second-order valence-electron chi connectivity index (χ2n) is 4.54. The largest absolute Gasteiger partial charge is 0.490 e. The number of halogens is 2. The van der Waals surface area contributed by atoms with Crippen molar-refractivity contribution in [2.45, 2.75) is 26.7 Å². The number of ether oxygens (including phenoxy) is 2. The second-order valence-corrected chi connectivity index (χ2v) is 5.86. The molecule has 1 aromatic rings. The van der Waals surface area contributed by atoms with Crippen LogP contribution in [0.4, 0.5) is 0 Å². The smallest absolute Gasteiger partial charge is 0.140 e. The Morgan fingerprint density at radius 1 is 1.20 bits per heavy atom. The maximum atomic E-state index is 6.16. The standard InChI is InChI=1S/C15H23BrClNO2/c1-3-19-8-5-4-6-18-7-9-20-15-12(2)10-13(16)11-14(15)17/h10-11,18H,3-9H2,1-2H3. The van der Waals surface area contributed by atoms with E-state index < -0.39 is 0 Å². The number of benzene rings is 1. The van der Waals surface area contributed by atoms with E-state index >= 15 is 0 Å². The summed E-state index contributed by atoms with van der Waals surface area (Å²) in [6.07, 6.45) is 2.22. The predicted molar refractivity (Wildman–Crippen MR) is 88.0 cm³/mol. The average Bonchev–Trinajstić information content (AvgIpc) is 2.39. The van der Waals surface area contributed by atoms with Crippen molar-refractivity contribution in [3.8, 4) is 5.75 Å². The van der Waals surface area contributed by atoms with Crippen molar-refractivity contribution in [2.75, 3.05) is 32.9 Å². The molecule has 0 saturated heterocycles. The van der Waals surface area contributed by atoms with Gasteiger partial charge in [-0.25, -0.2) is 0 Å². The molecule has 0 aromatic heterocycles. The van der Waals surface area contributed by atoms with Gasteiger partial charge in [0, 0.05) is 24.2 Å². The molecule has 114 valence electrons. The van der Waals surface area contributed by atoms with Crippen LogP contribution in [0.1, 0.15) is 25.3 Å². The molecule has 0 heterocycles. The molecule has 1 rings (SSSR count). The van der Waals surface area contributed by atoms with Crippen LogP contribution in [0.25, 0.3) is 0 Å². The minimum Gasteiger partial charge on any atom is -0.490 e. The Kier molecular flexibility index (Phi) is 9.27. The molecule has 0 bridgehead atoms. The summed E-state index contributed by atoms with van der Waals surface area (Å²) in [4.78, 5) is 0. The van der Waals surface area contributed by atoms with Gasteiger partial charge < -0.3 is 14.8 Å². The number of hydrogen-bond acceptors (Lipinski definition) is 3. The van der Waals surface area contributed by atoms with Gasteiger partial charge in [-0.2, -0.15) is 0 Å². The summed E-state index contributed by atoms with van der Waals surface area (Å²) in [6.45, 7) is 8.09. The summed E-state index contributed by atoms with van der Waals surface area (Å²) in [7, 11) is 0. The molecule has 1 N–H and O–H groups in total. The highest BCUT2D eigenvalue weighted by Gasteiger charge is 2.06. The highest BCUT2D eigenvalue weighted by atomic mass is 79.9. The first-order valence-corrected chi connectivity index (χ1v) is 8.19. The quantitative estimate of drug-likeness (QED) is 0.631. The SMILES string of the molecule is CCOCCCCNCCOc1c(C)cc(Br)cc1Cl. The van der Waals surface area contributed by atoms with Crippen LogP contribution in [-0.2, 0) is 4.74 Å². The van der Waals surface area contributed by atoms with E-state index in [1.165, 1.54) is 0 Å². The minimum absolute atomic E-state index is 0.619. The lowest BCUT2D eigenvalue weighted by Crippen LogP contribution is -2.22. The number of aryl methyl sites for hydroxylation is 1. The van der Waals surface area contributed by atoms with E-state index in [0.717, 1.165) is 54.9 Å². The third-order valence-electron chi connectivity index (χ3n) is 2.82. The van der Waals surface area contributed by atoms with Crippen LogP contribution in [0.15, 0.2) is 16.6 Å². The fourth-order valence-electron chi connectivity index (χ4n) is 1.82. The minimum atomic E-state index is 0.619. The van der Waals surface area contributed by atoms with E-state index in [0.29, 0.717) is 11.6 Å². The molecule has 0 aliphatic heterocycles. The van der Waals surface area contributed by atoms with E-state index in [4.69, 9.17) is 21.1 Å². The van der Waals surface area contributed by atoms with Crippen LogP contribution in [0.3, 0.4) is 0 Å². The van der Waals surface area contributed by atoms with Crippen LogP contribution in [0, 0.1) is 6.92 Å². The van der Waals surface area contributed by atoms with Crippen molar-refractivity contribution in [1.29, 1.82) is 0 Å². The van der Waals surface area contributed by atoms with E-state index in [1.54, 1.807) is 0 Å².